The maximum absolute atomic E-state index is 12.3. The lowest BCUT2D eigenvalue weighted by Gasteiger charge is -2.13. The van der Waals surface area contributed by atoms with Crippen LogP contribution in [-0.2, 0) is 9.59 Å². The van der Waals surface area contributed by atoms with Crippen LogP contribution in [0.1, 0.15) is 36.2 Å². The van der Waals surface area contributed by atoms with Crippen molar-refractivity contribution in [2.45, 2.75) is 33.2 Å². The molecule has 2 aromatic rings. The van der Waals surface area contributed by atoms with E-state index in [4.69, 9.17) is 0 Å². The van der Waals surface area contributed by atoms with Crippen molar-refractivity contribution in [2.24, 2.45) is 0 Å². The van der Waals surface area contributed by atoms with Crippen molar-refractivity contribution in [3.8, 4) is 0 Å². The molecule has 2 aromatic carbocycles. The molecule has 1 atom stereocenters. The van der Waals surface area contributed by atoms with Gasteiger partial charge in [-0.15, -0.1) is 0 Å². The lowest BCUT2D eigenvalue weighted by Crippen LogP contribution is -2.33. The molecular formula is C20H23N3O3. The fraction of sp³-hybridized carbons (Fsp3) is 0.250. The molecule has 0 aliphatic heterocycles. The van der Waals surface area contributed by atoms with Gasteiger partial charge in [-0.3, -0.25) is 14.4 Å². The summed E-state index contributed by atoms with van der Waals surface area (Å²) in [5, 5.41) is 8.25. The van der Waals surface area contributed by atoms with Crippen LogP contribution in [0.2, 0.25) is 0 Å². The zero-order valence-electron chi connectivity index (χ0n) is 15.1. The molecule has 26 heavy (non-hydrogen) atoms. The largest absolute Gasteiger partial charge is 0.353 e. The van der Waals surface area contributed by atoms with Gasteiger partial charge in [-0.25, -0.2) is 0 Å². The number of hydrogen-bond acceptors (Lipinski definition) is 3. The Kier molecular flexibility index (Phi) is 6.49. The second-order valence-corrected chi connectivity index (χ2v) is 6.26. The van der Waals surface area contributed by atoms with Crippen molar-refractivity contribution in [2.75, 3.05) is 10.6 Å². The van der Waals surface area contributed by atoms with E-state index in [9.17, 15) is 14.4 Å². The fourth-order valence-electron chi connectivity index (χ4n) is 2.55. The average molecular weight is 353 g/mol. The van der Waals surface area contributed by atoms with E-state index in [1.807, 2.05) is 25.1 Å². The van der Waals surface area contributed by atoms with Gasteiger partial charge in [0.1, 0.15) is 0 Å². The predicted octanol–water partition coefficient (Wildman–Crippen LogP) is 3.10. The molecule has 0 aliphatic carbocycles. The third kappa shape index (κ3) is 6.05. The van der Waals surface area contributed by atoms with Crippen LogP contribution in [0.3, 0.4) is 0 Å². The molecule has 0 bridgehead atoms. The molecule has 0 saturated carbocycles. The summed E-state index contributed by atoms with van der Waals surface area (Å²) in [6.07, 6.45) is 0.166. The second-order valence-electron chi connectivity index (χ2n) is 6.26. The smallest absolute Gasteiger partial charge is 0.255 e. The van der Waals surface area contributed by atoms with Gasteiger partial charge in [0.25, 0.3) is 5.91 Å². The number of carbonyl (C=O) groups is 3. The van der Waals surface area contributed by atoms with Crippen molar-refractivity contribution in [3.63, 3.8) is 0 Å². The van der Waals surface area contributed by atoms with Crippen LogP contribution in [0.15, 0.2) is 48.5 Å². The molecule has 6 nitrogen and oxygen atoms in total. The summed E-state index contributed by atoms with van der Waals surface area (Å²) >= 11 is 0. The van der Waals surface area contributed by atoms with Crippen molar-refractivity contribution in [3.05, 3.63) is 59.7 Å². The average Bonchev–Trinajstić information content (AvgIpc) is 2.54. The highest BCUT2D eigenvalue weighted by Crippen LogP contribution is 2.17. The Morgan fingerprint density at radius 1 is 0.962 bits per heavy atom. The first-order chi connectivity index (χ1) is 12.3. The van der Waals surface area contributed by atoms with Crippen LogP contribution in [0.25, 0.3) is 0 Å². The fourth-order valence-corrected chi connectivity index (χ4v) is 2.55. The van der Waals surface area contributed by atoms with E-state index < -0.39 is 0 Å². The molecule has 3 amide bonds. The topological polar surface area (TPSA) is 87.3 Å². The number of amides is 3. The SMILES string of the molecule is CC(=O)N[C@@H](C)CC(=O)Nc1cccc(NC(=O)c2cccc(C)c2)c1. The Hall–Kier alpha value is -3.15. The molecule has 6 heteroatoms. The summed E-state index contributed by atoms with van der Waals surface area (Å²) in [7, 11) is 0. The molecule has 0 unspecified atom stereocenters. The number of carbonyl (C=O) groups excluding carboxylic acids is 3. The molecule has 0 radical (unpaired) electrons. The molecule has 0 fully saturated rings. The lowest BCUT2D eigenvalue weighted by molar-refractivity contribution is -0.120. The first kappa shape index (κ1) is 19.2. The van der Waals surface area contributed by atoms with Gasteiger partial charge in [-0.1, -0.05) is 23.8 Å². The van der Waals surface area contributed by atoms with E-state index in [0.29, 0.717) is 16.9 Å². The van der Waals surface area contributed by atoms with Crippen LogP contribution in [0.5, 0.6) is 0 Å². The quantitative estimate of drug-likeness (QED) is 0.746. The zero-order chi connectivity index (χ0) is 19.1. The highest BCUT2D eigenvalue weighted by molar-refractivity contribution is 6.04. The Morgan fingerprint density at radius 2 is 1.62 bits per heavy atom. The van der Waals surface area contributed by atoms with Crippen LogP contribution >= 0.6 is 0 Å². The van der Waals surface area contributed by atoms with E-state index in [-0.39, 0.29) is 30.2 Å². The number of hydrogen-bond donors (Lipinski definition) is 3. The number of aryl methyl sites for hydroxylation is 1. The zero-order valence-corrected chi connectivity index (χ0v) is 15.1. The van der Waals surface area contributed by atoms with Gasteiger partial charge >= 0.3 is 0 Å². The maximum Gasteiger partial charge on any atom is 0.255 e. The highest BCUT2D eigenvalue weighted by atomic mass is 16.2. The van der Waals surface area contributed by atoms with E-state index in [2.05, 4.69) is 16.0 Å². The molecule has 0 saturated heterocycles. The van der Waals surface area contributed by atoms with Gasteiger partial charge < -0.3 is 16.0 Å². The third-order valence-electron chi connectivity index (χ3n) is 3.63. The van der Waals surface area contributed by atoms with Crippen molar-refractivity contribution in [1.82, 2.24) is 5.32 Å². The lowest BCUT2D eigenvalue weighted by atomic mass is 10.1. The summed E-state index contributed by atoms with van der Waals surface area (Å²) in [5.74, 6) is -0.601. The minimum absolute atomic E-state index is 0.166. The van der Waals surface area contributed by atoms with Crippen molar-refractivity contribution < 1.29 is 14.4 Å². The monoisotopic (exact) mass is 353 g/mol. The van der Waals surface area contributed by atoms with E-state index in [1.54, 1.807) is 37.3 Å². The Morgan fingerprint density at radius 3 is 2.27 bits per heavy atom. The van der Waals surface area contributed by atoms with E-state index in [0.717, 1.165) is 5.56 Å². The summed E-state index contributed by atoms with van der Waals surface area (Å²) in [5.41, 5.74) is 2.74. The number of anilines is 2. The Labute approximate surface area is 153 Å². The molecule has 2 rings (SSSR count). The highest BCUT2D eigenvalue weighted by Gasteiger charge is 2.11. The second kappa shape index (κ2) is 8.80. The van der Waals surface area contributed by atoms with Crippen molar-refractivity contribution in [1.29, 1.82) is 0 Å². The summed E-state index contributed by atoms with van der Waals surface area (Å²) in [6.45, 7) is 5.10. The Balaban J connectivity index is 1.98. The minimum atomic E-state index is -0.253. The minimum Gasteiger partial charge on any atom is -0.353 e. The number of nitrogens with one attached hydrogen (secondary N) is 3. The molecule has 136 valence electrons. The summed E-state index contributed by atoms with van der Waals surface area (Å²) < 4.78 is 0. The van der Waals surface area contributed by atoms with Gasteiger partial charge in [0.05, 0.1) is 0 Å². The van der Waals surface area contributed by atoms with Crippen LogP contribution in [0.4, 0.5) is 11.4 Å². The van der Waals surface area contributed by atoms with E-state index >= 15 is 0 Å². The number of rotatable bonds is 6. The van der Waals surface area contributed by atoms with Crippen LogP contribution < -0.4 is 16.0 Å². The standard InChI is InChI=1S/C20H23N3O3/c1-13-6-4-7-16(10-13)20(26)23-18-9-5-8-17(12-18)22-19(25)11-14(2)21-15(3)24/h4-10,12,14H,11H2,1-3H3,(H,21,24)(H,22,25)(H,23,26)/t14-/m0/s1. The maximum atomic E-state index is 12.3. The van der Waals surface area contributed by atoms with Gasteiger partial charge in [0.15, 0.2) is 0 Å². The van der Waals surface area contributed by atoms with Gasteiger partial charge in [0.2, 0.25) is 11.8 Å². The first-order valence-electron chi connectivity index (χ1n) is 8.38. The third-order valence-corrected chi connectivity index (χ3v) is 3.63. The number of benzene rings is 2. The van der Waals surface area contributed by atoms with Crippen molar-refractivity contribution >= 4 is 29.1 Å². The molecule has 3 N–H and O–H groups in total. The molecule has 0 aliphatic rings. The van der Waals surface area contributed by atoms with E-state index in [1.165, 1.54) is 6.92 Å². The molecule has 0 spiro atoms. The van der Waals surface area contributed by atoms with Gasteiger partial charge in [0, 0.05) is 36.3 Å². The molecule has 0 heterocycles. The Bertz CT molecular complexity index is 817. The predicted molar refractivity (Wildman–Crippen MR) is 102 cm³/mol. The molecule has 0 aromatic heterocycles. The van der Waals surface area contributed by atoms with Crippen LogP contribution in [0, 0.1) is 6.92 Å². The first-order valence-corrected chi connectivity index (χ1v) is 8.38. The summed E-state index contributed by atoms with van der Waals surface area (Å²) in [4.78, 5) is 35.4. The normalized spacial score (nSPS) is 11.3. The van der Waals surface area contributed by atoms with Crippen LogP contribution in [-0.4, -0.2) is 23.8 Å². The summed E-state index contributed by atoms with van der Waals surface area (Å²) in [6, 6.07) is 14.0. The molecular weight excluding hydrogens is 330 g/mol. The van der Waals surface area contributed by atoms with Gasteiger partial charge in [-0.2, -0.15) is 0 Å². The van der Waals surface area contributed by atoms with Gasteiger partial charge in [-0.05, 0) is 44.2 Å².